The Hall–Kier alpha value is -1.79. The number of alkyl halides is 1. The first-order chi connectivity index (χ1) is 17.7. The minimum Gasteiger partial charge on any atom is -0.870 e. The highest BCUT2D eigenvalue weighted by atomic mass is 127. The predicted molar refractivity (Wildman–Crippen MR) is 178 cm³/mol. The smallest absolute Gasteiger partial charge is 0.311 e. The first-order valence-electron chi connectivity index (χ1n) is 13.5. The lowest BCUT2D eigenvalue weighted by Crippen LogP contribution is -2.30. The van der Waals surface area contributed by atoms with Crippen LogP contribution in [0.2, 0.25) is 0 Å². The van der Waals surface area contributed by atoms with Crippen molar-refractivity contribution >= 4 is 40.5 Å². The van der Waals surface area contributed by atoms with Gasteiger partial charge >= 0.3 is 17.9 Å². The highest BCUT2D eigenvalue weighted by Crippen LogP contribution is 2.42. The molecule has 1 aliphatic rings. The summed E-state index contributed by atoms with van der Waals surface area (Å²) in [4.78, 5) is 34.6. The van der Waals surface area contributed by atoms with Gasteiger partial charge in [0.2, 0.25) is 0 Å². The summed E-state index contributed by atoms with van der Waals surface area (Å²) >= 11 is 2.24. The molecule has 0 saturated heterocycles. The molecule has 0 heterocycles. The second-order valence-corrected chi connectivity index (χ2v) is 15.1. The lowest BCUT2D eigenvalue weighted by atomic mass is 9.86. The number of esters is 2. The molecule has 1 aliphatic carbocycles. The Kier molecular flexibility index (Phi) is 22.7. The van der Waals surface area contributed by atoms with Crippen LogP contribution < -0.4 is 0 Å². The molecule has 0 fully saturated rings. The van der Waals surface area contributed by atoms with Crippen molar-refractivity contribution in [2.75, 3.05) is 35.3 Å². The zero-order valence-corrected chi connectivity index (χ0v) is 28.8. The normalized spacial score (nSPS) is 16.0. The van der Waals surface area contributed by atoms with Crippen molar-refractivity contribution in [3.63, 3.8) is 0 Å². The second-order valence-electron chi connectivity index (χ2n) is 13.9. The van der Waals surface area contributed by atoms with E-state index in [2.05, 4.69) is 50.8 Å². The number of hydrogen-bond acceptors (Lipinski definition) is 6. The molecule has 0 amide bonds. The number of fused-ring (bicyclic) bond motifs is 1. The van der Waals surface area contributed by atoms with Crippen molar-refractivity contribution in [2.24, 2.45) is 16.2 Å². The van der Waals surface area contributed by atoms with Crippen molar-refractivity contribution in [3.8, 4) is 0 Å². The number of halogens is 2. The van der Waals surface area contributed by atoms with Crippen LogP contribution in [0.25, 0.3) is 0 Å². The molecule has 250 valence electrons. The third-order valence-corrected chi connectivity index (χ3v) is 5.47. The van der Waals surface area contributed by atoms with Crippen molar-refractivity contribution in [3.05, 3.63) is 32.9 Å². The van der Waals surface area contributed by atoms with Crippen LogP contribution in [-0.2, 0) is 23.9 Å². The number of benzene rings is 1. The van der Waals surface area contributed by atoms with Crippen LogP contribution in [0.3, 0.4) is 0 Å². The molecule has 0 aromatic heterocycles. The van der Waals surface area contributed by atoms with Gasteiger partial charge < -0.3 is 24.5 Å². The quantitative estimate of drug-likeness (QED) is 0.185. The van der Waals surface area contributed by atoms with E-state index in [1.807, 2.05) is 59.7 Å². The molecule has 8 nitrogen and oxygen atoms in total. The monoisotopic (exact) mass is 718 g/mol. The standard InChI is InChI=1S/C20H27IO4.C5H10O2.C4H12N.CH3F.2CH4.H2O/c1-19(2,3)17(22)24-15-9-10-16(25-18(23)20(4,5)6)14-11-12(21)7-8-13(14)15;1-5(2,3)4(6)7;1-5(2,3)4;1-2;;;/h7-8,11,15-16H,9-10H2,1-6H3;1-3H3,(H,6,7);1-4H3;1H3;2*1H4;1H2/q;;+1;;;;/p-1/i;;;1D;;;. The van der Waals surface area contributed by atoms with Gasteiger partial charge in [-0.25, -0.2) is 0 Å². The molecular formula is C32H61FINO7. The van der Waals surface area contributed by atoms with E-state index < -0.39 is 29.4 Å². The Labute approximate surface area is 271 Å². The highest BCUT2D eigenvalue weighted by molar-refractivity contribution is 14.1. The number of ether oxygens (including phenoxy) is 2. The first kappa shape index (κ1) is 47.1. The van der Waals surface area contributed by atoms with E-state index in [1.165, 1.54) is 0 Å². The third kappa shape index (κ3) is 21.0. The number of quaternary nitrogens is 1. The van der Waals surface area contributed by atoms with Crippen molar-refractivity contribution < 1.29 is 44.7 Å². The zero-order valence-electron chi connectivity index (χ0n) is 27.6. The number of rotatable bonds is 2. The second kappa shape index (κ2) is 20.2. The summed E-state index contributed by atoms with van der Waals surface area (Å²) in [7, 11) is 7.50. The Morgan fingerprint density at radius 3 is 1.38 bits per heavy atom. The molecule has 2 unspecified atom stereocenters. The highest BCUT2D eigenvalue weighted by Gasteiger charge is 2.36. The third-order valence-electron chi connectivity index (χ3n) is 4.80. The summed E-state index contributed by atoms with van der Waals surface area (Å²) < 4.78 is 29.1. The van der Waals surface area contributed by atoms with Crippen molar-refractivity contribution in [1.29, 1.82) is 0 Å². The Bertz CT molecular complexity index is 956. The topological polar surface area (TPSA) is 120 Å². The average Bonchev–Trinajstić information content (AvgIpc) is 2.73. The molecule has 10 heteroatoms. The predicted octanol–water partition coefficient (Wildman–Crippen LogP) is 8.47. The number of carboxylic acid groups (broad SMARTS) is 1. The number of carbonyl (C=O) groups is 3. The largest absolute Gasteiger partial charge is 0.870 e. The van der Waals surface area contributed by atoms with Crippen LogP contribution in [0, 0.1) is 19.8 Å². The maximum Gasteiger partial charge on any atom is 0.311 e. The number of aliphatic carboxylic acids is 1. The summed E-state index contributed by atoms with van der Waals surface area (Å²) in [6.07, 6.45) is 0.721. The molecule has 2 N–H and O–H groups in total. The molecular weight excluding hydrogens is 656 g/mol. The van der Waals surface area contributed by atoms with Gasteiger partial charge in [-0.3, -0.25) is 18.8 Å². The van der Waals surface area contributed by atoms with Crippen LogP contribution in [0.1, 0.15) is 115 Å². The molecule has 0 bridgehead atoms. The fraction of sp³-hybridized carbons (Fsp3) is 0.719. The van der Waals surface area contributed by atoms with E-state index in [0.29, 0.717) is 12.8 Å². The fourth-order valence-electron chi connectivity index (χ4n) is 2.59. The van der Waals surface area contributed by atoms with E-state index in [-0.39, 0.29) is 44.5 Å². The minimum absolute atomic E-state index is 0. The zero-order chi connectivity index (χ0) is 32.3. The number of hydrogen-bond donors (Lipinski definition) is 1. The summed E-state index contributed by atoms with van der Waals surface area (Å²) in [5.41, 5.74) is 0.217. The molecule has 0 aliphatic heterocycles. The molecule has 0 spiro atoms. The van der Waals surface area contributed by atoms with Gasteiger partial charge in [0.25, 0.3) is 0 Å². The maximum atomic E-state index is 12.3. The fourth-order valence-corrected chi connectivity index (χ4v) is 3.10. The van der Waals surface area contributed by atoms with Crippen LogP contribution in [-0.4, -0.2) is 68.3 Å². The minimum atomic E-state index is -1.00. The van der Waals surface area contributed by atoms with Crippen molar-refractivity contribution in [2.45, 2.75) is 102 Å². The number of carboxylic acids is 1. The van der Waals surface area contributed by atoms with Gasteiger partial charge in [-0.15, -0.1) is 0 Å². The molecule has 0 saturated carbocycles. The van der Waals surface area contributed by atoms with Crippen LogP contribution in [0.15, 0.2) is 18.2 Å². The van der Waals surface area contributed by atoms with Crippen LogP contribution in [0.5, 0.6) is 0 Å². The van der Waals surface area contributed by atoms with Gasteiger partial charge in [-0.05, 0) is 115 Å². The Balaban J connectivity index is -0.000000224. The summed E-state index contributed by atoms with van der Waals surface area (Å²) in [5.74, 6) is -1.19. The molecule has 2 atom stereocenters. The summed E-state index contributed by atoms with van der Waals surface area (Å²) in [5, 5.41) is 8.25. The van der Waals surface area contributed by atoms with E-state index in [4.69, 9.17) is 16.0 Å². The lowest BCUT2D eigenvalue weighted by Gasteiger charge is -2.33. The molecule has 1 aromatic carbocycles. The molecule has 2 rings (SSSR count). The van der Waals surface area contributed by atoms with Gasteiger partial charge in [0.1, 0.15) is 12.2 Å². The Morgan fingerprint density at radius 2 is 1.12 bits per heavy atom. The van der Waals surface area contributed by atoms with Crippen molar-refractivity contribution in [1.82, 2.24) is 0 Å². The van der Waals surface area contributed by atoms with E-state index >= 15 is 0 Å². The maximum absolute atomic E-state index is 12.3. The molecule has 0 radical (unpaired) electrons. The molecule has 1 aromatic rings. The van der Waals surface area contributed by atoms with Gasteiger partial charge in [0.05, 0.1) is 53.0 Å². The lowest BCUT2D eigenvalue weighted by molar-refractivity contribution is -0.849. The Morgan fingerprint density at radius 1 is 0.833 bits per heavy atom. The number of nitrogens with zero attached hydrogens (tertiary/aromatic N) is 1. The number of carbonyl (C=O) groups excluding carboxylic acids is 2. The van der Waals surface area contributed by atoms with E-state index in [1.54, 1.807) is 20.8 Å². The van der Waals surface area contributed by atoms with Crippen LogP contribution >= 0.6 is 22.6 Å². The summed E-state index contributed by atoms with van der Waals surface area (Å²) in [6.45, 7) is 16.1. The van der Waals surface area contributed by atoms with Crippen LogP contribution in [0.4, 0.5) is 4.39 Å². The van der Waals surface area contributed by atoms with Gasteiger partial charge in [0, 0.05) is 9.13 Å². The van der Waals surface area contributed by atoms with E-state index in [0.717, 1.165) is 19.2 Å². The average molecular weight is 719 g/mol. The summed E-state index contributed by atoms with van der Waals surface area (Å²) in [6, 6.07) is 5.99. The van der Waals surface area contributed by atoms with Gasteiger partial charge in [-0.2, -0.15) is 0 Å². The van der Waals surface area contributed by atoms with Gasteiger partial charge in [-0.1, -0.05) is 20.9 Å². The van der Waals surface area contributed by atoms with Gasteiger partial charge in [0.15, 0.2) is 0 Å². The first-order valence-corrected chi connectivity index (χ1v) is 13.9. The van der Waals surface area contributed by atoms with E-state index in [9.17, 15) is 18.8 Å². The molecule has 42 heavy (non-hydrogen) atoms. The SMILES string of the molecule is C.C.CC(C)(C)C(=O)O.CC(C)(C)C(=O)OC1CCC(OC(=O)C(C)(C)C)c2cc(I)ccc21.C[N+](C)(C)C.[2H]CF.[OH-].